The lowest BCUT2D eigenvalue weighted by molar-refractivity contribution is -0.136. The first-order valence-electron chi connectivity index (χ1n) is 6.34. The van der Waals surface area contributed by atoms with Crippen molar-refractivity contribution in [2.75, 3.05) is 5.32 Å². The molecule has 5 heteroatoms. The third kappa shape index (κ3) is 3.83. The van der Waals surface area contributed by atoms with E-state index in [0.717, 1.165) is 5.56 Å². The monoisotopic (exact) mass is 303 g/mol. The first kappa shape index (κ1) is 15.1. The summed E-state index contributed by atoms with van der Waals surface area (Å²) in [6.45, 7) is 1.80. The molecule has 2 aromatic carbocycles. The van der Waals surface area contributed by atoms with Crippen molar-refractivity contribution in [1.29, 1.82) is 0 Å². The molecular weight excluding hydrogens is 290 g/mol. The number of carbonyl (C=O) groups is 2. The van der Waals surface area contributed by atoms with Crippen LogP contribution in [0.5, 0.6) is 0 Å². The van der Waals surface area contributed by atoms with Crippen molar-refractivity contribution in [3.05, 3.63) is 64.2 Å². The van der Waals surface area contributed by atoms with E-state index in [2.05, 4.69) is 5.32 Å². The van der Waals surface area contributed by atoms with Crippen molar-refractivity contribution in [2.45, 2.75) is 13.3 Å². The molecule has 1 amide bonds. The Morgan fingerprint density at radius 1 is 1.19 bits per heavy atom. The van der Waals surface area contributed by atoms with Gasteiger partial charge in [0.15, 0.2) is 0 Å². The quantitative estimate of drug-likeness (QED) is 0.908. The summed E-state index contributed by atoms with van der Waals surface area (Å²) in [7, 11) is 0. The molecule has 2 N–H and O–H groups in total. The molecule has 0 spiro atoms. The van der Waals surface area contributed by atoms with E-state index in [1.807, 2.05) is 0 Å². The second-order valence-electron chi connectivity index (χ2n) is 4.64. The molecule has 0 radical (unpaired) electrons. The highest BCUT2D eigenvalue weighted by atomic mass is 35.5. The minimum Gasteiger partial charge on any atom is -0.481 e. The number of hydrogen-bond donors (Lipinski definition) is 2. The molecule has 0 aliphatic carbocycles. The van der Waals surface area contributed by atoms with Gasteiger partial charge in [-0.25, -0.2) is 0 Å². The predicted octanol–water partition coefficient (Wildman–Crippen LogP) is 3.53. The molecule has 0 aromatic heterocycles. The van der Waals surface area contributed by atoms with E-state index in [9.17, 15) is 9.59 Å². The summed E-state index contributed by atoms with van der Waals surface area (Å²) < 4.78 is 0. The maximum Gasteiger partial charge on any atom is 0.307 e. The largest absolute Gasteiger partial charge is 0.481 e. The van der Waals surface area contributed by atoms with Crippen LogP contribution < -0.4 is 5.32 Å². The number of amides is 1. The Balaban J connectivity index is 2.25. The van der Waals surface area contributed by atoms with Crippen LogP contribution in [0.1, 0.15) is 21.5 Å². The third-order valence-electron chi connectivity index (χ3n) is 3.04. The van der Waals surface area contributed by atoms with Crippen LogP contribution >= 0.6 is 11.6 Å². The van der Waals surface area contributed by atoms with Crippen LogP contribution in [0.4, 0.5) is 5.69 Å². The number of aryl methyl sites for hydroxylation is 1. The summed E-state index contributed by atoms with van der Waals surface area (Å²) in [6.07, 6.45) is -0.143. The molecule has 0 aliphatic rings. The first-order valence-corrected chi connectivity index (χ1v) is 6.72. The van der Waals surface area contributed by atoms with Gasteiger partial charge in [-0.2, -0.15) is 0 Å². The molecule has 0 aliphatic heterocycles. The number of halogens is 1. The molecular formula is C16H14ClNO3. The fourth-order valence-electron chi connectivity index (χ4n) is 2.03. The second kappa shape index (κ2) is 6.41. The molecule has 0 saturated carbocycles. The van der Waals surface area contributed by atoms with E-state index in [0.29, 0.717) is 21.8 Å². The number of para-hydroxylation sites is 1. The summed E-state index contributed by atoms with van der Waals surface area (Å²) in [6, 6.07) is 11.8. The SMILES string of the molecule is Cc1cc(Cl)ccc1C(=O)Nc1ccccc1CC(=O)O. The van der Waals surface area contributed by atoms with Crippen LogP contribution in [0.25, 0.3) is 0 Å². The minimum absolute atomic E-state index is 0.143. The summed E-state index contributed by atoms with van der Waals surface area (Å²) in [5, 5.41) is 12.2. The van der Waals surface area contributed by atoms with E-state index in [4.69, 9.17) is 16.7 Å². The maximum atomic E-state index is 12.3. The topological polar surface area (TPSA) is 66.4 Å². The lowest BCUT2D eigenvalue weighted by Gasteiger charge is -2.11. The van der Waals surface area contributed by atoms with Crippen molar-refractivity contribution in [1.82, 2.24) is 0 Å². The average Bonchev–Trinajstić information content (AvgIpc) is 2.40. The molecule has 0 saturated heterocycles. The number of anilines is 1. The molecule has 0 bridgehead atoms. The van der Waals surface area contributed by atoms with Gasteiger partial charge < -0.3 is 10.4 Å². The van der Waals surface area contributed by atoms with Gasteiger partial charge in [0, 0.05) is 16.3 Å². The molecule has 2 aromatic rings. The number of nitrogens with one attached hydrogen (secondary N) is 1. The molecule has 21 heavy (non-hydrogen) atoms. The van der Waals surface area contributed by atoms with Crippen molar-refractivity contribution in [3.63, 3.8) is 0 Å². The Morgan fingerprint density at radius 2 is 1.90 bits per heavy atom. The Kier molecular flexibility index (Phi) is 4.60. The van der Waals surface area contributed by atoms with Crippen molar-refractivity contribution >= 4 is 29.2 Å². The van der Waals surface area contributed by atoms with Gasteiger partial charge in [0.05, 0.1) is 6.42 Å². The zero-order chi connectivity index (χ0) is 15.4. The van der Waals surface area contributed by atoms with Gasteiger partial charge in [0.1, 0.15) is 0 Å². The van der Waals surface area contributed by atoms with Crippen LogP contribution in [0, 0.1) is 6.92 Å². The number of benzene rings is 2. The van der Waals surface area contributed by atoms with E-state index in [1.165, 1.54) is 0 Å². The lowest BCUT2D eigenvalue weighted by atomic mass is 10.1. The van der Waals surface area contributed by atoms with Crippen LogP contribution in [0.2, 0.25) is 5.02 Å². The molecule has 0 atom stereocenters. The molecule has 108 valence electrons. The van der Waals surface area contributed by atoms with Crippen molar-refractivity contribution in [2.24, 2.45) is 0 Å². The van der Waals surface area contributed by atoms with Gasteiger partial charge in [0.2, 0.25) is 0 Å². The van der Waals surface area contributed by atoms with E-state index < -0.39 is 5.97 Å². The number of carboxylic acid groups (broad SMARTS) is 1. The number of rotatable bonds is 4. The van der Waals surface area contributed by atoms with Gasteiger partial charge >= 0.3 is 5.97 Å². The molecule has 2 rings (SSSR count). The highest BCUT2D eigenvalue weighted by Crippen LogP contribution is 2.19. The highest BCUT2D eigenvalue weighted by molar-refractivity contribution is 6.30. The summed E-state index contributed by atoms with van der Waals surface area (Å²) in [4.78, 5) is 23.1. The van der Waals surface area contributed by atoms with E-state index >= 15 is 0 Å². The average molecular weight is 304 g/mol. The first-order chi connectivity index (χ1) is 9.97. The highest BCUT2D eigenvalue weighted by Gasteiger charge is 2.12. The van der Waals surface area contributed by atoms with E-state index in [1.54, 1.807) is 49.4 Å². The Hall–Kier alpha value is -2.33. The van der Waals surface area contributed by atoms with Gasteiger partial charge in [-0.15, -0.1) is 0 Å². The van der Waals surface area contributed by atoms with Crippen molar-refractivity contribution in [3.8, 4) is 0 Å². The Morgan fingerprint density at radius 3 is 2.57 bits per heavy atom. The van der Waals surface area contributed by atoms with Gasteiger partial charge in [-0.05, 0) is 42.3 Å². The normalized spacial score (nSPS) is 10.2. The zero-order valence-electron chi connectivity index (χ0n) is 11.4. The molecule has 0 unspecified atom stereocenters. The fraction of sp³-hybridized carbons (Fsp3) is 0.125. The molecule has 4 nitrogen and oxygen atoms in total. The van der Waals surface area contributed by atoms with Crippen LogP contribution in [0.15, 0.2) is 42.5 Å². The Labute approximate surface area is 127 Å². The molecule has 0 heterocycles. The van der Waals surface area contributed by atoms with Crippen LogP contribution in [-0.4, -0.2) is 17.0 Å². The van der Waals surface area contributed by atoms with Gasteiger partial charge in [-0.3, -0.25) is 9.59 Å². The fourth-order valence-corrected chi connectivity index (χ4v) is 2.26. The van der Waals surface area contributed by atoms with Crippen LogP contribution in [0.3, 0.4) is 0 Å². The van der Waals surface area contributed by atoms with Gasteiger partial charge in [0.25, 0.3) is 5.91 Å². The number of carboxylic acids is 1. The number of carbonyl (C=O) groups excluding carboxylic acids is 1. The van der Waals surface area contributed by atoms with Gasteiger partial charge in [-0.1, -0.05) is 29.8 Å². The lowest BCUT2D eigenvalue weighted by Crippen LogP contribution is -2.15. The zero-order valence-corrected chi connectivity index (χ0v) is 12.1. The third-order valence-corrected chi connectivity index (χ3v) is 3.28. The number of hydrogen-bond acceptors (Lipinski definition) is 2. The second-order valence-corrected chi connectivity index (χ2v) is 5.08. The van der Waals surface area contributed by atoms with E-state index in [-0.39, 0.29) is 12.3 Å². The maximum absolute atomic E-state index is 12.3. The summed E-state index contributed by atoms with van der Waals surface area (Å²) >= 11 is 5.87. The standard InChI is InChI=1S/C16H14ClNO3/c1-10-8-12(17)6-7-13(10)16(21)18-14-5-3-2-4-11(14)9-15(19)20/h2-8H,9H2,1H3,(H,18,21)(H,19,20). The summed E-state index contributed by atoms with van der Waals surface area (Å²) in [5.74, 6) is -1.23. The summed E-state index contributed by atoms with van der Waals surface area (Å²) in [5.41, 5.74) is 2.32. The molecule has 0 fully saturated rings. The number of aliphatic carboxylic acids is 1. The Bertz CT molecular complexity index is 698. The minimum atomic E-state index is -0.945. The smallest absolute Gasteiger partial charge is 0.307 e. The predicted molar refractivity (Wildman–Crippen MR) is 81.9 cm³/mol. The van der Waals surface area contributed by atoms with Crippen molar-refractivity contribution < 1.29 is 14.7 Å². The van der Waals surface area contributed by atoms with Crippen LogP contribution in [-0.2, 0) is 11.2 Å².